The fraction of sp³-hybridized carbons (Fsp3) is 0.700. The SMILES string of the molecule is O=C(O)Cc1ncnn1CC1CCCC1. The highest BCUT2D eigenvalue weighted by molar-refractivity contribution is 5.68. The van der Waals surface area contributed by atoms with Crippen LogP contribution in [0.1, 0.15) is 31.5 Å². The molecule has 0 saturated heterocycles. The first-order valence-electron chi connectivity index (χ1n) is 5.34. The molecule has 1 aliphatic rings. The maximum absolute atomic E-state index is 10.6. The van der Waals surface area contributed by atoms with E-state index in [0.717, 1.165) is 6.54 Å². The van der Waals surface area contributed by atoms with Gasteiger partial charge in [0.05, 0.1) is 0 Å². The van der Waals surface area contributed by atoms with Gasteiger partial charge < -0.3 is 5.11 Å². The van der Waals surface area contributed by atoms with Crippen LogP contribution in [0.5, 0.6) is 0 Å². The Morgan fingerprint density at radius 1 is 1.53 bits per heavy atom. The van der Waals surface area contributed by atoms with Crippen molar-refractivity contribution in [2.75, 3.05) is 0 Å². The van der Waals surface area contributed by atoms with Crippen LogP contribution in [0, 0.1) is 5.92 Å². The maximum atomic E-state index is 10.6. The summed E-state index contributed by atoms with van der Waals surface area (Å²) in [6.45, 7) is 0.822. The summed E-state index contributed by atoms with van der Waals surface area (Å²) in [5, 5.41) is 12.8. The molecule has 0 aromatic carbocycles. The molecular formula is C10H15N3O2. The van der Waals surface area contributed by atoms with Crippen molar-refractivity contribution in [3.05, 3.63) is 12.2 Å². The molecule has 82 valence electrons. The van der Waals surface area contributed by atoms with E-state index < -0.39 is 5.97 Å². The van der Waals surface area contributed by atoms with Gasteiger partial charge in [-0.25, -0.2) is 9.67 Å². The molecule has 1 fully saturated rings. The van der Waals surface area contributed by atoms with Gasteiger partial charge in [0.25, 0.3) is 0 Å². The van der Waals surface area contributed by atoms with Gasteiger partial charge in [0.1, 0.15) is 18.6 Å². The number of rotatable bonds is 4. The molecule has 1 aromatic heterocycles. The fourth-order valence-corrected chi connectivity index (χ4v) is 2.15. The van der Waals surface area contributed by atoms with Crippen LogP contribution in [0.15, 0.2) is 6.33 Å². The second kappa shape index (κ2) is 4.42. The highest BCUT2D eigenvalue weighted by Gasteiger charge is 2.18. The lowest BCUT2D eigenvalue weighted by Crippen LogP contribution is -2.14. The summed E-state index contributed by atoms with van der Waals surface area (Å²) in [5.74, 6) is 0.365. The topological polar surface area (TPSA) is 68.0 Å². The number of hydrogen-bond donors (Lipinski definition) is 1. The molecule has 1 aromatic rings. The quantitative estimate of drug-likeness (QED) is 0.806. The molecule has 1 N–H and O–H groups in total. The molecule has 0 spiro atoms. The third-order valence-corrected chi connectivity index (χ3v) is 2.91. The molecule has 1 aliphatic carbocycles. The van der Waals surface area contributed by atoms with E-state index in [1.807, 2.05) is 0 Å². The Hall–Kier alpha value is -1.39. The van der Waals surface area contributed by atoms with Crippen molar-refractivity contribution in [2.24, 2.45) is 5.92 Å². The minimum atomic E-state index is -0.851. The van der Waals surface area contributed by atoms with Crippen LogP contribution in [-0.2, 0) is 17.8 Å². The molecule has 0 amide bonds. The Kier molecular flexibility index (Phi) is 2.99. The molecule has 1 heterocycles. The van der Waals surface area contributed by atoms with E-state index in [-0.39, 0.29) is 6.42 Å². The summed E-state index contributed by atoms with van der Waals surface area (Å²) < 4.78 is 1.74. The normalized spacial score (nSPS) is 17.1. The van der Waals surface area contributed by atoms with Crippen molar-refractivity contribution in [3.63, 3.8) is 0 Å². The number of aliphatic carboxylic acids is 1. The van der Waals surface area contributed by atoms with Crippen molar-refractivity contribution >= 4 is 5.97 Å². The number of carbonyl (C=O) groups is 1. The zero-order valence-corrected chi connectivity index (χ0v) is 8.59. The van der Waals surface area contributed by atoms with Crippen LogP contribution in [0.4, 0.5) is 0 Å². The average molecular weight is 209 g/mol. The molecule has 15 heavy (non-hydrogen) atoms. The van der Waals surface area contributed by atoms with Gasteiger partial charge in [-0.3, -0.25) is 4.79 Å². The monoisotopic (exact) mass is 209 g/mol. The van der Waals surface area contributed by atoms with Crippen molar-refractivity contribution in [1.82, 2.24) is 14.8 Å². The van der Waals surface area contributed by atoms with Crippen molar-refractivity contribution in [3.8, 4) is 0 Å². The Labute approximate surface area is 88.1 Å². The highest BCUT2D eigenvalue weighted by Crippen LogP contribution is 2.26. The van der Waals surface area contributed by atoms with Gasteiger partial charge in [0, 0.05) is 6.54 Å². The van der Waals surface area contributed by atoms with E-state index in [1.54, 1.807) is 4.68 Å². The molecule has 0 radical (unpaired) electrons. The second-order valence-electron chi connectivity index (χ2n) is 4.08. The van der Waals surface area contributed by atoms with Gasteiger partial charge in [-0.05, 0) is 18.8 Å². The average Bonchev–Trinajstić information content (AvgIpc) is 2.78. The van der Waals surface area contributed by atoms with E-state index >= 15 is 0 Å². The van der Waals surface area contributed by atoms with Gasteiger partial charge in [-0.15, -0.1) is 0 Å². The molecule has 5 nitrogen and oxygen atoms in total. The lowest BCUT2D eigenvalue weighted by Gasteiger charge is -2.10. The smallest absolute Gasteiger partial charge is 0.311 e. The molecule has 0 bridgehead atoms. The first-order valence-corrected chi connectivity index (χ1v) is 5.34. The molecule has 0 aliphatic heterocycles. The molecule has 0 unspecified atom stereocenters. The molecule has 1 saturated carbocycles. The number of nitrogens with zero attached hydrogens (tertiary/aromatic N) is 3. The number of hydrogen-bond acceptors (Lipinski definition) is 3. The lowest BCUT2D eigenvalue weighted by atomic mass is 10.1. The van der Waals surface area contributed by atoms with Crippen molar-refractivity contribution in [2.45, 2.75) is 38.6 Å². The maximum Gasteiger partial charge on any atom is 0.311 e. The molecular weight excluding hydrogens is 194 g/mol. The third-order valence-electron chi connectivity index (χ3n) is 2.91. The summed E-state index contributed by atoms with van der Waals surface area (Å²) in [4.78, 5) is 14.5. The van der Waals surface area contributed by atoms with Gasteiger partial charge in [-0.1, -0.05) is 12.8 Å². The fourth-order valence-electron chi connectivity index (χ4n) is 2.15. The number of carboxylic acid groups (broad SMARTS) is 1. The van der Waals surface area contributed by atoms with Gasteiger partial charge in [0.15, 0.2) is 0 Å². The van der Waals surface area contributed by atoms with Crippen LogP contribution >= 0.6 is 0 Å². The van der Waals surface area contributed by atoms with Crippen LogP contribution in [0.2, 0.25) is 0 Å². The molecule has 2 rings (SSSR count). The largest absolute Gasteiger partial charge is 0.481 e. The zero-order chi connectivity index (χ0) is 10.7. The predicted octanol–water partition coefficient (Wildman–Crippen LogP) is 1.10. The predicted molar refractivity (Wildman–Crippen MR) is 53.3 cm³/mol. The van der Waals surface area contributed by atoms with E-state index in [4.69, 9.17) is 5.11 Å². The van der Waals surface area contributed by atoms with E-state index in [0.29, 0.717) is 11.7 Å². The van der Waals surface area contributed by atoms with Gasteiger partial charge in [0.2, 0.25) is 0 Å². The second-order valence-corrected chi connectivity index (χ2v) is 4.08. The van der Waals surface area contributed by atoms with E-state index in [2.05, 4.69) is 10.1 Å². The van der Waals surface area contributed by atoms with Gasteiger partial charge >= 0.3 is 5.97 Å². The van der Waals surface area contributed by atoms with Crippen LogP contribution in [0.3, 0.4) is 0 Å². The van der Waals surface area contributed by atoms with E-state index in [1.165, 1.54) is 32.0 Å². The van der Waals surface area contributed by atoms with Crippen LogP contribution in [-0.4, -0.2) is 25.8 Å². The van der Waals surface area contributed by atoms with Crippen LogP contribution < -0.4 is 0 Å². The zero-order valence-electron chi connectivity index (χ0n) is 8.59. The lowest BCUT2D eigenvalue weighted by molar-refractivity contribution is -0.136. The summed E-state index contributed by atoms with van der Waals surface area (Å²) in [6, 6.07) is 0. The Bertz CT molecular complexity index is 342. The van der Waals surface area contributed by atoms with Crippen molar-refractivity contribution in [1.29, 1.82) is 0 Å². The Balaban J connectivity index is 2.00. The summed E-state index contributed by atoms with van der Waals surface area (Å²) >= 11 is 0. The standard InChI is InChI=1S/C10H15N3O2/c14-10(15)5-9-11-7-12-13(9)6-8-3-1-2-4-8/h7-8H,1-6H2,(H,14,15). The minimum absolute atomic E-state index is 0.0350. The van der Waals surface area contributed by atoms with Crippen molar-refractivity contribution < 1.29 is 9.90 Å². The summed E-state index contributed by atoms with van der Waals surface area (Å²) in [7, 11) is 0. The molecule has 0 atom stereocenters. The first-order chi connectivity index (χ1) is 7.25. The Morgan fingerprint density at radius 3 is 2.93 bits per heavy atom. The van der Waals surface area contributed by atoms with Crippen LogP contribution in [0.25, 0.3) is 0 Å². The summed E-state index contributed by atoms with van der Waals surface area (Å²) in [6.07, 6.45) is 6.43. The Morgan fingerprint density at radius 2 is 2.27 bits per heavy atom. The summed E-state index contributed by atoms with van der Waals surface area (Å²) in [5.41, 5.74) is 0. The minimum Gasteiger partial charge on any atom is -0.481 e. The molecule has 5 heteroatoms. The highest BCUT2D eigenvalue weighted by atomic mass is 16.4. The van der Waals surface area contributed by atoms with Gasteiger partial charge in [-0.2, -0.15) is 5.10 Å². The number of carboxylic acids is 1. The van der Waals surface area contributed by atoms with E-state index in [9.17, 15) is 4.79 Å². The first kappa shape index (κ1) is 10.1. The number of aromatic nitrogens is 3. The third kappa shape index (κ3) is 2.55.